The molecule has 2 aromatic rings. The molecule has 90 valence electrons. The van der Waals surface area contributed by atoms with Crippen LogP contribution < -0.4 is 5.32 Å². The Kier molecular flexibility index (Phi) is 3.29. The summed E-state index contributed by atoms with van der Waals surface area (Å²) in [6.07, 6.45) is 1.66. The van der Waals surface area contributed by atoms with Crippen LogP contribution in [0, 0.1) is 19.7 Å². The summed E-state index contributed by atoms with van der Waals surface area (Å²) in [7, 11) is 1.86. The average molecular weight is 233 g/mol. The van der Waals surface area contributed by atoms with Crippen LogP contribution in [0.3, 0.4) is 0 Å². The van der Waals surface area contributed by atoms with E-state index in [2.05, 4.69) is 5.32 Å². The lowest BCUT2D eigenvalue weighted by molar-refractivity contribution is 0.522. The minimum atomic E-state index is -0.216. The summed E-state index contributed by atoms with van der Waals surface area (Å²) in [5.74, 6) is 0.639. The second kappa shape index (κ2) is 4.72. The zero-order chi connectivity index (χ0) is 12.4. The maximum atomic E-state index is 13.3. The predicted molar refractivity (Wildman–Crippen MR) is 65.5 cm³/mol. The minimum Gasteiger partial charge on any atom is -0.469 e. The number of furan rings is 1. The molecule has 1 aromatic heterocycles. The lowest BCUT2D eigenvalue weighted by atomic mass is 9.95. The molecule has 0 fully saturated rings. The van der Waals surface area contributed by atoms with Gasteiger partial charge in [-0.2, -0.15) is 0 Å². The van der Waals surface area contributed by atoms with E-state index in [0.717, 1.165) is 22.5 Å². The van der Waals surface area contributed by atoms with Crippen molar-refractivity contribution in [1.29, 1.82) is 0 Å². The van der Waals surface area contributed by atoms with Crippen LogP contribution >= 0.6 is 0 Å². The molecule has 0 radical (unpaired) electrons. The normalized spacial score (nSPS) is 12.7. The first kappa shape index (κ1) is 11.9. The van der Waals surface area contributed by atoms with Crippen molar-refractivity contribution in [3.05, 3.63) is 58.8 Å². The first-order valence-corrected chi connectivity index (χ1v) is 5.60. The number of nitrogens with one attached hydrogen (secondary N) is 1. The van der Waals surface area contributed by atoms with Crippen molar-refractivity contribution >= 4 is 0 Å². The fraction of sp³-hybridized carbons (Fsp3) is 0.286. The molecule has 0 saturated heterocycles. The van der Waals surface area contributed by atoms with E-state index >= 15 is 0 Å². The summed E-state index contributed by atoms with van der Waals surface area (Å²) in [5, 5.41) is 3.20. The van der Waals surface area contributed by atoms with Gasteiger partial charge in [0.2, 0.25) is 0 Å². The number of aryl methyl sites for hydroxylation is 2. The molecule has 17 heavy (non-hydrogen) atoms. The topological polar surface area (TPSA) is 25.2 Å². The maximum absolute atomic E-state index is 13.3. The van der Waals surface area contributed by atoms with Gasteiger partial charge in [-0.3, -0.25) is 0 Å². The Morgan fingerprint density at radius 2 is 1.94 bits per heavy atom. The summed E-state index contributed by atoms with van der Waals surface area (Å²) in [5.41, 5.74) is 3.05. The van der Waals surface area contributed by atoms with Gasteiger partial charge in [-0.25, -0.2) is 4.39 Å². The van der Waals surface area contributed by atoms with Gasteiger partial charge in [-0.1, -0.05) is 6.07 Å². The van der Waals surface area contributed by atoms with Gasteiger partial charge in [0.1, 0.15) is 11.6 Å². The van der Waals surface area contributed by atoms with Crippen LogP contribution in [0.5, 0.6) is 0 Å². The lowest BCUT2D eigenvalue weighted by Crippen LogP contribution is -2.19. The van der Waals surface area contributed by atoms with Crippen LogP contribution in [0.15, 0.2) is 34.9 Å². The minimum absolute atomic E-state index is 0.0375. The van der Waals surface area contributed by atoms with E-state index in [4.69, 9.17) is 4.42 Å². The second-order valence-corrected chi connectivity index (χ2v) is 4.15. The monoisotopic (exact) mass is 233 g/mol. The van der Waals surface area contributed by atoms with Gasteiger partial charge in [-0.15, -0.1) is 0 Å². The van der Waals surface area contributed by atoms with Crippen molar-refractivity contribution in [2.45, 2.75) is 19.9 Å². The molecule has 2 nitrogen and oxygen atoms in total. The first-order chi connectivity index (χ1) is 8.13. The highest BCUT2D eigenvalue weighted by Crippen LogP contribution is 2.28. The van der Waals surface area contributed by atoms with E-state index in [1.54, 1.807) is 18.4 Å². The molecule has 2 rings (SSSR count). The quantitative estimate of drug-likeness (QED) is 0.879. The van der Waals surface area contributed by atoms with Crippen LogP contribution in [0.25, 0.3) is 0 Å². The van der Waals surface area contributed by atoms with Crippen LogP contribution in [0.1, 0.15) is 28.5 Å². The standard InChI is InChI=1S/C14H16FNO/c1-9-4-5-11(15)8-13(9)14(16-3)12-6-7-17-10(12)2/h4-8,14,16H,1-3H3. The SMILES string of the molecule is CNC(c1cc(F)ccc1C)c1ccoc1C. The third-order valence-electron chi connectivity index (χ3n) is 3.05. The van der Waals surface area contributed by atoms with Gasteiger partial charge in [0, 0.05) is 5.56 Å². The Balaban J connectivity index is 2.49. The molecule has 1 atom stereocenters. The molecule has 0 aliphatic carbocycles. The van der Waals surface area contributed by atoms with E-state index in [9.17, 15) is 4.39 Å². The van der Waals surface area contributed by atoms with E-state index < -0.39 is 0 Å². The molecule has 0 aliphatic rings. The highest BCUT2D eigenvalue weighted by Gasteiger charge is 2.18. The van der Waals surface area contributed by atoms with Crippen molar-refractivity contribution in [2.75, 3.05) is 7.05 Å². The van der Waals surface area contributed by atoms with Gasteiger partial charge in [0.15, 0.2) is 0 Å². The zero-order valence-corrected chi connectivity index (χ0v) is 10.3. The molecule has 1 aromatic carbocycles. The summed E-state index contributed by atoms with van der Waals surface area (Å²) >= 11 is 0. The van der Waals surface area contributed by atoms with E-state index in [-0.39, 0.29) is 11.9 Å². The fourth-order valence-electron chi connectivity index (χ4n) is 2.10. The van der Waals surface area contributed by atoms with Crippen LogP contribution in [-0.4, -0.2) is 7.05 Å². The Bertz CT molecular complexity index is 519. The van der Waals surface area contributed by atoms with Crippen LogP contribution in [0.4, 0.5) is 4.39 Å². The fourth-order valence-corrected chi connectivity index (χ4v) is 2.10. The van der Waals surface area contributed by atoms with Gasteiger partial charge in [0.05, 0.1) is 12.3 Å². The third-order valence-corrected chi connectivity index (χ3v) is 3.05. The highest BCUT2D eigenvalue weighted by atomic mass is 19.1. The third kappa shape index (κ3) is 2.24. The maximum Gasteiger partial charge on any atom is 0.123 e. The number of rotatable bonds is 3. The van der Waals surface area contributed by atoms with Crippen molar-refractivity contribution in [3.63, 3.8) is 0 Å². The van der Waals surface area contributed by atoms with Gasteiger partial charge in [-0.05, 0) is 50.2 Å². The van der Waals surface area contributed by atoms with Crippen molar-refractivity contribution < 1.29 is 8.81 Å². The number of hydrogen-bond acceptors (Lipinski definition) is 2. The summed E-state index contributed by atoms with van der Waals surface area (Å²) in [6, 6.07) is 6.73. The second-order valence-electron chi connectivity index (χ2n) is 4.15. The Labute approximate surface area is 100 Å². The summed E-state index contributed by atoms with van der Waals surface area (Å²) < 4.78 is 18.6. The smallest absolute Gasteiger partial charge is 0.123 e. The van der Waals surface area contributed by atoms with Gasteiger partial charge >= 0.3 is 0 Å². The predicted octanol–water partition coefficient (Wildman–Crippen LogP) is 3.34. The molecule has 1 heterocycles. The van der Waals surface area contributed by atoms with Crippen LogP contribution in [0.2, 0.25) is 0 Å². The van der Waals surface area contributed by atoms with Crippen molar-refractivity contribution in [3.8, 4) is 0 Å². The first-order valence-electron chi connectivity index (χ1n) is 5.60. The molecule has 0 bridgehead atoms. The molecule has 0 amide bonds. The largest absolute Gasteiger partial charge is 0.469 e. The molecule has 0 aliphatic heterocycles. The summed E-state index contributed by atoms with van der Waals surface area (Å²) in [4.78, 5) is 0. The van der Waals surface area contributed by atoms with Crippen molar-refractivity contribution in [2.24, 2.45) is 0 Å². The lowest BCUT2D eigenvalue weighted by Gasteiger charge is -2.18. The molecular weight excluding hydrogens is 217 g/mol. The van der Waals surface area contributed by atoms with Crippen molar-refractivity contribution in [1.82, 2.24) is 5.32 Å². The number of hydrogen-bond donors (Lipinski definition) is 1. The molecule has 0 spiro atoms. The van der Waals surface area contributed by atoms with E-state index in [1.807, 2.05) is 27.0 Å². The molecule has 1 N–H and O–H groups in total. The molecular formula is C14H16FNO. The highest BCUT2D eigenvalue weighted by molar-refractivity contribution is 5.37. The molecule has 3 heteroatoms. The van der Waals surface area contributed by atoms with Gasteiger partial charge < -0.3 is 9.73 Å². The van der Waals surface area contributed by atoms with Gasteiger partial charge in [0.25, 0.3) is 0 Å². The van der Waals surface area contributed by atoms with E-state index in [0.29, 0.717) is 0 Å². The number of benzene rings is 1. The van der Waals surface area contributed by atoms with Crippen LogP contribution in [-0.2, 0) is 0 Å². The average Bonchev–Trinajstić information content (AvgIpc) is 2.71. The zero-order valence-electron chi connectivity index (χ0n) is 10.3. The molecule has 0 saturated carbocycles. The van der Waals surface area contributed by atoms with E-state index in [1.165, 1.54) is 6.07 Å². The Hall–Kier alpha value is -1.61. The Morgan fingerprint density at radius 1 is 1.18 bits per heavy atom. The summed E-state index contributed by atoms with van der Waals surface area (Å²) in [6.45, 7) is 3.89. The Morgan fingerprint density at radius 3 is 2.53 bits per heavy atom. The molecule has 1 unspecified atom stereocenters. The number of halogens is 1.